The zero-order valence-electron chi connectivity index (χ0n) is 19.8. The second-order valence-corrected chi connectivity index (χ2v) is 7.96. The van der Waals surface area contributed by atoms with Gasteiger partial charge >= 0.3 is 11.9 Å². The lowest BCUT2D eigenvalue weighted by atomic mass is 10.1. The molecule has 4 atom stereocenters. The predicted octanol–water partition coefficient (Wildman–Crippen LogP) is -3.24. The van der Waals surface area contributed by atoms with Crippen molar-refractivity contribution in [3.8, 4) is 0 Å². The number of rotatable bonds is 16. The van der Waals surface area contributed by atoms with Gasteiger partial charge in [-0.2, -0.15) is 0 Å². The third kappa shape index (κ3) is 11.3. The van der Waals surface area contributed by atoms with Gasteiger partial charge in [-0.1, -0.05) is 0 Å². The molecule has 4 unspecified atom stereocenters. The number of imidazole rings is 1. The van der Waals surface area contributed by atoms with Gasteiger partial charge in [0.15, 0.2) is 5.96 Å². The molecule has 1 aromatic heterocycles. The number of nitrogens with one attached hydrogen (secondary N) is 4. The maximum Gasteiger partial charge on any atom is 0.325 e. The summed E-state index contributed by atoms with van der Waals surface area (Å²) in [5.74, 6) is -4.83. The molecule has 0 saturated carbocycles. The maximum atomic E-state index is 13.1. The van der Waals surface area contributed by atoms with Gasteiger partial charge in [0.1, 0.15) is 18.1 Å². The number of nitrogens with two attached hydrogens (primary N) is 3. The Bertz CT molecular complexity index is 932. The lowest BCUT2D eigenvalue weighted by Crippen LogP contribution is -2.57. The van der Waals surface area contributed by atoms with E-state index in [-0.39, 0.29) is 44.6 Å². The van der Waals surface area contributed by atoms with Crippen molar-refractivity contribution in [2.75, 3.05) is 6.54 Å². The summed E-state index contributed by atoms with van der Waals surface area (Å²) in [6.07, 6.45) is 2.60. The Kier molecular flexibility index (Phi) is 12.4. The first kappa shape index (κ1) is 29.8. The number of aliphatic imine (C=N–C) groups is 1. The number of carbonyl (C=O) groups excluding carboxylic acids is 3. The van der Waals surface area contributed by atoms with Gasteiger partial charge in [0.25, 0.3) is 0 Å². The molecule has 0 spiro atoms. The number of carboxylic acids is 2. The van der Waals surface area contributed by atoms with Crippen LogP contribution in [-0.4, -0.2) is 86.5 Å². The van der Waals surface area contributed by atoms with Gasteiger partial charge in [-0.05, 0) is 26.2 Å². The van der Waals surface area contributed by atoms with Crippen molar-refractivity contribution in [2.24, 2.45) is 22.2 Å². The molecule has 1 heterocycles. The number of hydrogen-bond donors (Lipinski definition) is 9. The Morgan fingerprint density at radius 2 is 1.67 bits per heavy atom. The third-order valence-corrected chi connectivity index (χ3v) is 4.93. The number of carbonyl (C=O) groups is 5. The minimum Gasteiger partial charge on any atom is -0.481 e. The quantitative estimate of drug-likeness (QED) is 0.0603. The van der Waals surface area contributed by atoms with E-state index >= 15 is 0 Å². The Morgan fingerprint density at radius 1 is 1.03 bits per heavy atom. The summed E-state index contributed by atoms with van der Waals surface area (Å²) in [6, 6.07) is -4.79. The monoisotopic (exact) mass is 511 g/mol. The number of H-pyrrole nitrogens is 1. The van der Waals surface area contributed by atoms with Crippen molar-refractivity contribution in [3.63, 3.8) is 0 Å². The van der Waals surface area contributed by atoms with E-state index in [4.69, 9.17) is 27.4 Å². The SMILES string of the molecule is CC(NC(=O)C(Cc1cnc[nH]1)NC(=O)C(CCCN=C(N)N)NC(=O)C(N)CCC(=O)O)C(=O)O. The molecule has 16 nitrogen and oxygen atoms in total. The number of amides is 3. The predicted molar refractivity (Wildman–Crippen MR) is 126 cm³/mol. The minimum absolute atomic E-state index is 0.0449. The Hall–Kier alpha value is -4.21. The first-order valence-corrected chi connectivity index (χ1v) is 11.0. The number of carboxylic acid groups (broad SMARTS) is 2. The fourth-order valence-corrected chi connectivity index (χ4v) is 2.93. The van der Waals surface area contributed by atoms with Gasteiger partial charge in [0.2, 0.25) is 17.7 Å². The number of aromatic amines is 1. The van der Waals surface area contributed by atoms with Crippen LogP contribution >= 0.6 is 0 Å². The molecule has 1 rings (SSSR count). The number of guanidine groups is 1. The smallest absolute Gasteiger partial charge is 0.325 e. The van der Waals surface area contributed by atoms with Gasteiger partial charge in [0, 0.05) is 31.3 Å². The molecule has 0 saturated heterocycles. The molecular weight excluding hydrogens is 478 g/mol. The molecule has 3 amide bonds. The fourth-order valence-electron chi connectivity index (χ4n) is 2.93. The summed E-state index contributed by atoms with van der Waals surface area (Å²) in [4.78, 5) is 70.6. The molecule has 1 aromatic rings. The highest BCUT2D eigenvalue weighted by molar-refractivity contribution is 5.94. The van der Waals surface area contributed by atoms with Crippen LogP contribution in [0.4, 0.5) is 0 Å². The van der Waals surface area contributed by atoms with Crippen molar-refractivity contribution >= 4 is 35.6 Å². The van der Waals surface area contributed by atoms with Crippen LogP contribution in [0.25, 0.3) is 0 Å². The number of aromatic nitrogens is 2. The zero-order chi connectivity index (χ0) is 27.3. The number of aliphatic carboxylic acids is 2. The molecule has 200 valence electrons. The molecule has 36 heavy (non-hydrogen) atoms. The topological polar surface area (TPSA) is 281 Å². The van der Waals surface area contributed by atoms with E-state index in [1.54, 1.807) is 0 Å². The first-order chi connectivity index (χ1) is 16.9. The Balaban J connectivity index is 3.01. The van der Waals surface area contributed by atoms with Crippen molar-refractivity contribution in [3.05, 3.63) is 18.2 Å². The van der Waals surface area contributed by atoms with Crippen molar-refractivity contribution in [1.82, 2.24) is 25.9 Å². The standard InChI is InChI=1S/C20H33N9O7/c1-10(19(35)36)27-18(34)14(7-11-8-24-9-26-11)29-17(33)13(3-2-6-25-20(22)23)28-16(32)12(21)4-5-15(30)31/h8-10,12-14H,2-7,21H2,1H3,(H,24,26)(H,27,34)(H,28,32)(H,29,33)(H,30,31)(H,35,36)(H4,22,23,25). The van der Waals surface area contributed by atoms with Crippen LogP contribution < -0.4 is 33.2 Å². The molecule has 0 radical (unpaired) electrons. The van der Waals surface area contributed by atoms with Gasteiger partial charge in [0.05, 0.1) is 12.4 Å². The summed E-state index contributed by atoms with van der Waals surface area (Å²) in [5.41, 5.74) is 16.8. The molecule has 0 aliphatic carbocycles. The average molecular weight is 512 g/mol. The van der Waals surface area contributed by atoms with Crippen molar-refractivity contribution < 1.29 is 34.2 Å². The second kappa shape index (κ2) is 14.9. The molecule has 0 fully saturated rings. The van der Waals surface area contributed by atoms with Crippen molar-refractivity contribution in [2.45, 2.75) is 63.2 Å². The Labute approximate surface area is 206 Å². The summed E-state index contributed by atoms with van der Waals surface area (Å²) < 4.78 is 0. The lowest BCUT2D eigenvalue weighted by molar-refractivity contribution is -0.142. The van der Waals surface area contributed by atoms with Crippen LogP contribution in [0.5, 0.6) is 0 Å². The summed E-state index contributed by atoms with van der Waals surface area (Å²) in [5, 5.41) is 25.1. The van der Waals surface area contributed by atoms with Crippen LogP contribution in [0, 0.1) is 0 Å². The van der Waals surface area contributed by atoms with Crippen LogP contribution in [-0.2, 0) is 30.4 Å². The summed E-state index contributed by atoms with van der Waals surface area (Å²) >= 11 is 0. The van der Waals surface area contributed by atoms with E-state index in [1.807, 2.05) is 0 Å². The van der Waals surface area contributed by atoms with E-state index in [9.17, 15) is 24.0 Å². The van der Waals surface area contributed by atoms with E-state index in [2.05, 4.69) is 30.9 Å². The highest BCUT2D eigenvalue weighted by atomic mass is 16.4. The number of hydrogen-bond acceptors (Lipinski definition) is 8. The van der Waals surface area contributed by atoms with Crippen molar-refractivity contribution in [1.29, 1.82) is 0 Å². The Morgan fingerprint density at radius 3 is 2.22 bits per heavy atom. The highest BCUT2D eigenvalue weighted by Crippen LogP contribution is 2.05. The normalized spacial score (nSPS) is 13.9. The highest BCUT2D eigenvalue weighted by Gasteiger charge is 2.29. The average Bonchev–Trinajstić information content (AvgIpc) is 3.31. The maximum absolute atomic E-state index is 13.1. The second-order valence-electron chi connectivity index (χ2n) is 7.96. The van der Waals surface area contributed by atoms with E-state index in [0.29, 0.717) is 5.69 Å². The van der Waals surface area contributed by atoms with Gasteiger partial charge < -0.3 is 48.3 Å². The first-order valence-electron chi connectivity index (χ1n) is 11.0. The molecule has 16 heteroatoms. The molecule has 12 N–H and O–H groups in total. The summed E-state index contributed by atoms with van der Waals surface area (Å²) in [6.45, 7) is 1.42. The largest absolute Gasteiger partial charge is 0.481 e. The van der Waals surface area contributed by atoms with Crippen LogP contribution in [0.15, 0.2) is 17.5 Å². The van der Waals surface area contributed by atoms with Crippen LogP contribution in [0.1, 0.15) is 38.3 Å². The van der Waals surface area contributed by atoms with Gasteiger partial charge in [-0.25, -0.2) is 4.98 Å². The van der Waals surface area contributed by atoms with Gasteiger partial charge in [-0.3, -0.25) is 29.0 Å². The molecule has 0 bridgehead atoms. The third-order valence-electron chi connectivity index (χ3n) is 4.93. The molecular formula is C20H33N9O7. The molecule has 0 aromatic carbocycles. The number of nitrogens with zero attached hydrogens (tertiary/aromatic N) is 2. The van der Waals surface area contributed by atoms with E-state index in [0.717, 1.165) is 0 Å². The minimum atomic E-state index is -1.27. The van der Waals surface area contributed by atoms with Crippen LogP contribution in [0.3, 0.4) is 0 Å². The molecule has 0 aliphatic rings. The van der Waals surface area contributed by atoms with E-state index < -0.39 is 53.8 Å². The summed E-state index contributed by atoms with van der Waals surface area (Å²) in [7, 11) is 0. The van der Waals surface area contributed by atoms with Gasteiger partial charge in [-0.15, -0.1) is 0 Å². The van der Waals surface area contributed by atoms with E-state index in [1.165, 1.54) is 19.4 Å². The van der Waals surface area contributed by atoms with Crippen LogP contribution in [0.2, 0.25) is 0 Å². The molecule has 0 aliphatic heterocycles. The zero-order valence-corrected chi connectivity index (χ0v) is 19.8. The lowest BCUT2D eigenvalue weighted by Gasteiger charge is -2.24. The fraction of sp³-hybridized carbons (Fsp3) is 0.550.